The molecule has 0 aliphatic carbocycles. The molecule has 2 N–H and O–H groups in total. The third kappa shape index (κ3) is 3.66. The maximum Gasteiger partial charge on any atom is 0.242 e. The molecule has 19 heavy (non-hydrogen) atoms. The first kappa shape index (κ1) is 14.3. The Bertz CT molecular complexity index is 603. The molecule has 5 nitrogen and oxygen atoms in total. The van der Waals surface area contributed by atoms with Crippen LogP contribution in [0.15, 0.2) is 39.4 Å². The monoisotopic (exact) mass is 300 g/mol. The highest BCUT2D eigenvalue weighted by Crippen LogP contribution is 2.21. The van der Waals surface area contributed by atoms with Crippen LogP contribution in [0.3, 0.4) is 0 Å². The lowest BCUT2D eigenvalue weighted by Crippen LogP contribution is -2.24. The normalized spacial score (nSPS) is 11.8. The highest BCUT2D eigenvalue weighted by Gasteiger charge is 2.19. The summed E-state index contributed by atoms with van der Waals surface area (Å²) in [6.07, 6.45) is 3.04. The van der Waals surface area contributed by atoms with Crippen LogP contribution in [0.2, 0.25) is 0 Å². The first-order valence-corrected chi connectivity index (χ1v) is 8.27. The number of nitrogens with one attached hydrogen (secondary N) is 2. The maximum absolute atomic E-state index is 12.2. The Labute approximate surface area is 116 Å². The summed E-state index contributed by atoms with van der Waals surface area (Å²) in [6.45, 7) is 3.59. The minimum atomic E-state index is -3.48. The summed E-state index contributed by atoms with van der Waals surface area (Å²) in [5.74, 6) is 0. The zero-order chi connectivity index (χ0) is 13.7. The number of thiophene rings is 1. The average molecular weight is 300 g/mol. The summed E-state index contributed by atoms with van der Waals surface area (Å²) in [6, 6.07) is 3.37. The van der Waals surface area contributed by atoms with Crippen LogP contribution in [0, 0.1) is 0 Å². The molecule has 2 rings (SSSR count). The van der Waals surface area contributed by atoms with Gasteiger partial charge in [0.2, 0.25) is 10.0 Å². The summed E-state index contributed by atoms with van der Waals surface area (Å²) < 4.78 is 31.9. The topological polar surface area (TPSA) is 71.3 Å². The highest BCUT2D eigenvalue weighted by molar-refractivity contribution is 7.89. The summed E-state index contributed by atoms with van der Waals surface area (Å²) in [4.78, 5) is 1.17. The van der Waals surface area contributed by atoms with Crippen molar-refractivity contribution < 1.29 is 12.8 Å². The molecule has 0 spiro atoms. The minimum absolute atomic E-state index is 0.231. The molecule has 0 fully saturated rings. The van der Waals surface area contributed by atoms with E-state index < -0.39 is 10.0 Å². The second kappa shape index (κ2) is 6.33. The van der Waals surface area contributed by atoms with Gasteiger partial charge in [-0.1, -0.05) is 6.92 Å². The minimum Gasteiger partial charge on any atom is -0.472 e. The van der Waals surface area contributed by atoms with Crippen LogP contribution in [0.4, 0.5) is 0 Å². The van der Waals surface area contributed by atoms with Crippen LogP contribution in [0.1, 0.15) is 17.4 Å². The van der Waals surface area contributed by atoms with E-state index in [0.717, 1.165) is 17.0 Å². The van der Waals surface area contributed by atoms with E-state index in [1.807, 2.05) is 6.92 Å². The van der Waals surface area contributed by atoms with E-state index in [4.69, 9.17) is 4.42 Å². The number of hydrogen-bond donors (Lipinski definition) is 2. The summed E-state index contributed by atoms with van der Waals surface area (Å²) in [5, 5.41) is 4.93. The van der Waals surface area contributed by atoms with Crippen molar-refractivity contribution in [3.63, 3.8) is 0 Å². The third-order valence-corrected chi connectivity index (χ3v) is 5.11. The quantitative estimate of drug-likeness (QED) is 0.819. The molecule has 0 unspecified atom stereocenters. The van der Waals surface area contributed by atoms with Gasteiger partial charge in [0.15, 0.2) is 0 Å². The van der Waals surface area contributed by atoms with Crippen LogP contribution in [0.25, 0.3) is 0 Å². The Morgan fingerprint density at radius 2 is 2.16 bits per heavy atom. The van der Waals surface area contributed by atoms with Gasteiger partial charge in [-0.2, -0.15) is 0 Å². The zero-order valence-corrected chi connectivity index (χ0v) is 12.2. The van der Waals surface area contributed by atoms with Crippen molar-refractivity contribution >= 4 is 21.4 Å². The van der Waals surface area contributed by atoms with Crippen LogP contribution < -0.4 is 10.0 Å². The molecule has 0 aromatic carbocycles. The Balaban J connectivity index is 2.08. The molecule has 2 aromatic heterocycles. The predicted octanol–water partition coefficient (Wildman–Crippen LogP) is 1.93. The smallest absolute Gasteiger partial charge is 0.242 e. The lowest BCUT2D eigenvalue weighted by Gasteiger charge is -2.07. The van der Waals surface area contributed by atoms with Gasteiger partial charge in [-0.05, 0) is 24.1 Å². The second-order valence-electron chi connectivity index (χ2n) is 3.94. The maximum atomic E-state index is 12.2. The van der Waals surface area contributed by atoms with E-state index >= 15 is 0 Å². The molecular formula is C12H16N2O3S2. The highest BCUT2D eigenvalue weighted by atomic mass is 32.2. The number of rotatable bonds is 7. The molecule has 0 saturated carbocycles. The van der Waals surface area contributed by atoms with Crippen molar-refractivity contribution in [3.05, 3.63) is 40.5 Å². The van der Waals surface area contributed by atoms with Gasteiger partial charge in [0.05, 0.1) is 17.4 Å². The van der Waals surface area contributed by atoms with Crippen LogP contribution in [0.5, 0.6) is 0 Å². The number of sulfonamides is 1. The summed E-state index contributed by atoms with van der Waals surface area (Å²) in [5.41, 5.74) is 0.798. The average Bonchev–Trinajstić information content (AvgIpc) is 3.05. The SMILES string of the molecule is CCNCc1sccc1S(=O)(=O)NCc1ccoc1. The van der Waals surface area contributed by atoms with Gasteiger partial charge in [-0.3, -0.25) is 0 Å². The van der Waals surface area contributed by atoms with Crippen molar-refractivity contribution in [2.24, 2.45) is 0 Å². The molecule has 7 heteroatoms. The fourth-order valence-electron chi connectivity index (χ4n) is 1.59. The molecule has 2 aromatic rings. The van der Waals surface area contributed by atoms with Gasteiger partial charge in [-0.25, -0.2) is 13.1 Å². The number of hydrogen-bond acceptors (Lipinski definition) is 5. The van der Waals surface area contributed by atoms with E-state index in [1.54, 1.807) is 17.5 Å². The number of furan rings is 1. The first-order chi connectivity index (χ1) is 9.13. The summed E-state index contributed by atoms with van der Waals surface area (Å²) >= 11 is 1.44. The molecule has 104 valence electrons. The van der Waals surface area contributed by atoms with Crippen LogP contribution in [-0.4, -0.2) is 15.0 Å². The van der Waals surface area contributed by atoms with E-state index in [-0.39, 0.29) is 6.54 Å². The predicted molar refractivity (Wildman–Crippen MR) is 74.4 cm³/mol. The van der Waals surface area contributed by atoms with Gasteiger partial charge < -0.3 is 9.73 Å². The van der Waals surface area contributed by atoms with Gasteiger partial charge in [0.25, 0.3) is 0 Å². The first-order valence-electron chi connectivity index (χ1n) is 5.91. The Hall–Kier alpha value is -1.15. The molecule has 2 heterocycles. The molecule has 0 saturated heterocycles. The standard InChI is InChI=1S/C12H16N2O3S2/c1-2-13-8-11-12(4-6-18-11)19(15,16)14-7-10-3-5-17-9-10/h3-6,9,13-14H,2,7-8H2,1H3. The molecule has 0 aliphatic rings. The zero-order valence-electron chi connectivity index (χ0n) is 10.5. The van der Waals surface area contributed by atoms with E-state index in [2.05, 4.69) is 10.0 Å². The Morgan fingerprint density at radius 3 is 2.84 bits per heavy atom. The van der Waals surface area contributed by atoms with Crippen molar-refractivity contribution in [2.45, 2.75) is 24.9 Å². The van der Waals surface area contributed by atoms with E-state index in [0.29, 0.717) is 11.4 Å². The second-order valence-corrected chi connectivity index (χ2v) is 6.68. The van der Waals surface area contributed by atoms with Gasteiger partial charge >= 0.3 is 0 Å². The molecular weight excluding hydrogens is 284 g/mol. The molecule has 0 bridgehead atoms. The van der Waals surface area contributed by atoms with Crippen LogP contribution >= 0.6 is 11.3 Å². The van der Waals surface area contributed by atoms with Crippen molar-refractivity contribution in [1.29, 1.82) is 0 Å². The van der Waals surface area contributed by atoms with E-state index in [9.17, 15) is 8.42 Å². The van der Waals surface area contributed by atoms with Gasteiger partial charge in [0, 0.05) is 23.5 Å². The summed E-state index contributed by atoms with van der Waals surface area (Å²) in [7, 11) is -3.48. The largest absolute Gasteiger partial charge is 0.472 e. The Morgan fingerprint density at radius 1 is 1.32 bits per heavy atom. The lowest BCUT2D eigenvalue weighted by molar-refractivity contribution is 0.561. The van der Waals surface area contributed by atoms with Crippen molar-refractivity contribution in [1.82, 2.24) is 10.0 Å². The molecule has 0 radical (unpaired) electrons. The Kier molecular flexibility index (Phi) is 4.76. The van der Waals surface area contributed by atoms with Crippen molar-refractivity contribution in [3.8, 4) is 0 Å². The lowest BCUT2D eigenvalue weighted by atomic mass is 10.4. The van der Waals surface area contributed by atoms with E-state index in [1.165, 1.54) is 23.9 Å². The van der Waals surface area contributed by atoms with Gasteiger partial charge in [0.1, 0.15) is 0 Å². The molecule has 0 amide bonds. The van der Waals surface area contributed by atoms with Crippen molar-refractivity contribution in [2.75, 3.05) is 6.54 Å². The fourth-order valence-corrected chi connectivity index (χ4v) is 4.01. The van der Waals surface area contributed by atoms with Gasteiger partial charge in [-0.15, -0.1) is 11.3 Å². The van der Waals surface area contributed by atoms with Crippen LogP contribution in [-0.2, 0) is 23.1 Å². The fraction of sp³-hybridized carbons (Fsp3) is 0.333. The molecule has 0 atom stereocenters. The third-order valence-electron chi connectivity index (χ3n) is 2.58. The molecule has 0 aliphatic heterocycles.